The molecule has 3 heterocycles. The predicted octanol–water partition coefficient (Wildman–Crippen LogP) is 5.90. The van der Waals surface area contributed by atoms with E-state index < -0.39 is 17.6 Å². The van der Waals surface area contributed by atoms with Crippen LogP contribution < -0.4 is 5.69 Å². The van der Waals surface area contributed by atoms with Crippen molar-refractivity contribution >= 4 is 17.2 Å². The molecule has 0 fully saturated rings. The zero-order valence-corrected chi connectivity index (χ0v) is 19.8. The molecule has 0 saturated heterocycles. The molecule has 0 N–H and O–H groups in total. The van der Waals surface area contributed by atoms with Gasteiger partial charge in [-0.2, -0.15) is 22.8 Å². The minimum Gasteiger partial charge on any atom is -0.251 e. The van der Waals surface area contributed by atoms with Crippen molar-refractivity contribution in [1.82, 2.24) is 24.4 Å². The lowest BCUT2D eigenvalue weighted by Crippen LogP contribution is -2.23. The Labute approximate surface area is 208 Å². The second kappa shape index (κ2) is 9.23. The van der Waals surface area contributed by atoms with Gasteiger partial charge < -0.3 is 0 Å². The van der Waals surface area contributed by atoms with Crippen molar-refractivity contribution in [2.24, 2.45) is 0 Å². The van der Waals surface area contributed by atoms with E-state index in [2.05, 4.69) is 22.1 Å². The molecule has 6 nitrogen and oxygen atoms in total. The van der Waals surface area contributed by atoms with Crippen molar-refractivity contribution in [2.75, 3.05) is 0 Å². The first-order valence-corrected chi connectivity index (χ1v) is 11.5. The van der Waals surface area contributed by atoms with Gasteiger partial charge in [0.05, 0.1) is 12.7 Å². The summed E-state index contributed by atoms with van der Waals surface area (Å²) in [6.45, 7) is 2.01. The molecule has 0 amide bonds. The molecule has 0 radical (unpaired) electrons. The van der Waals surface area contributed by atoms with Crippen LogP contribution in [0.3, 0.4) is 0 Å². The van der Waals surface area contributed by atoms with E-state index in [0.29, 0.717) is 21.8 Å². The Morgan fingerprint density at radius 2 is 1.56 bits per heavy atom. The fraction of sp³-hybridized carbons (Fsp3) is 0.154. The number of fused-ring (bicyclic) bond motifs is 1. The van der Waals surface area contributed by atoms with Crippen LogP contribution in [0.5, 0.6) is 0 Å². The lowest BCUT2D eigenvalue weighted by Gasteiger charge is -2.11. The van der Waals surface area contributed by atoms with E-state index in [-0.39, 0.29) is 6.54 Å². The van der Waals surface area contributed by atoms with Gasteiger partial charge in [0.2, 0.25) is 0 Å². The Kier molecular flexibility index (Phi) is 6.09. The van der Waals surface area contributed by atoms with E-state index >= 15 is 0 Å². The molecule has 0 saturated carbocycles. The van der Waals surface area contributed by atoms with Crippen molar-refractivity contribution in [3.8, 4) is 22.3 Å². The monoisotopic (exact) mass is 509 g/mol. The molecule has 0 spiro atoms. The standard InChI is InChI=1S/C26H19ClF3N5O/c1-2-16-3-6-18(7-4-16)21-14-32-35-24(23(21)19-8-10-20(27)11-9-19)33-34(25(35)36)15-17-5-12-22(31-13-17)26(28,29)30/h3-14H,2,15H2,1H3. The minimum absolute atomic E-state index is 0.0616. The summed E-state index contributed by atoms with van der Waals surface area (Å²) in [6, 6.07) is 17.4. The molecule has 0 bridgehead atoms. The van der Waals surface area contributed by atoms with E-state index in [1.54, 1.807) is 18.3 Å². The molecule has 5 aromatic rings. The molecule has 5 rings (SSSR count). The highest BCUT2D eigenvalue weighted by atomic mass is 35.5. The van der Waals surface area contributed by atoms with Gasteiger partial charge in [0.1, 0.15) is 5.69 Å². The number of benzene rings is 2. The largest absolute Gasteiger partial charge is 0.433 e. The van der Waals surface area contributed by atoms with Gasteiger partial charge in [-0.25, -0.2) is 9.48 Å². The molecule has 0 aliphatic heterocycles. The van der Waals surface area contributed by atoms with Crippen molar-refractivity contribution < 1.29 is 13.2 Å². The van der Waals surface area contributed by atoms with E-state index in [1.165, 1.54) is 16.1 Å². The van der Waals surface area contributed by atoms with E-state index in [1.807, 2.05) is 36.4 Å². The number of aryl methyl sites for hydroxylation is 1. The van der Waals surface area contributed by atoms with Crippen LogP contribution in [0, 0.1) is 0 Å². The third kappa shape index (κ3) is 4.49. The van der Waals surface area contributed by atoms with Gasteiger partial charge >= 0.3 is 11.9 Å². The molecule has 0 aliphatic rings. The Morgan fingerprint density at radius 3 is 2.17 bits per heavy atom. The number of pyridine rings is 1. The van der Waals surface area contributed by atoms with Gasteiger partial charge in [0.15, 0.2) is 5.65 Å². The lowest BCUT2D eigenvalue weighted by molar-refractivity contribution is -0.141. The number of alkyl halides is 3. The second-order valence-electron chi connectivity index (χ2n) is 8.22. The molecule has 0 atom stereocenters. The third-order valence-electron chi connectivity index (χ3n) is 5.87. The summed E-state index contributed by atoms with van der Waals surface area (Å²) in [5.41, 5.74) is 3.54. The van der Waals surface area contributed by atoms with Gasteiger partial charge in [-0.1, -0.05) is 61.0 Å². The molecule has 182 valence electrons. The number of rotatable bonds is 5. The lowest BCUT2D eigenvalue weighted by atomic mass is 9.96. The number of aromatic nitrogens is 5. The summed E-state index contributed by atoms with van der Waals surface area (Å²) in [7, 11) is 0. The van der Waals surface area contributed by atoms with Crippen LogP contribution in [0.25, 0.3) is 27.9 Å². The van der Waals surface area contributed by atoms with Crippen LogP contribution in [0.1, 0.15) is 23.7 Å². The van der Waals surface area contributed by atoms with E-state index in [0.717, 1.165) is 40.1 Å². The average Bonchev–Trinajstić information content (AvgIpc) is 3.19. The average molecular weight is 510 g/mol. The fourth-order valence-electron chi connectivity index (χ4n) is 3.96. The molecule has 36 heavy (non-hydrogen) atoms. The highest BCUT2D eigenvalue weighted by Crippen LogP contribution is 2.34. The quantitative estimate of drug-likeness (QED) is 0.296. The summed E-state index contributed by atoms with van der Waals surface area (Å²) < 4.78 is 40.9. The number of halogens is 4. The van der Waals surface area contributed by atoms with Gasteiger partial charge in [-0.3, -0.25) is 4.98 Å². The molecule has 2 aromatic carbocycles. The van der Waals surface area contributed by atoms with Crippen LogP contribution in [0.15, 0.2) is 77.9 Å². The third-order valence-corrected chi connectivity index (χ3v) is 6.12. The Balaban J connectivity index is 1.65. The van der Waals surface area contributed by atoms with Crippen molar-refractivity contribution in [1.29, 1.82) is 0 Å². The Morgan fingerprint density at radius 1 is 0.889 bits per heavy atom. The summed E-state index contributed by atoms with van der Waals surface area (Å²) in [4.78, 5) is 16.6. The molecule has 3 aromatic heterocycles. The zero-order valence-electron chi connectivity index (χ0n) is 19.0. The number of hydrogen-bond acceptors (Lipinski definition) is 4. The van der Waals surface area contributed by atoms with Crippen LogP contribution >= 0.6 is 11.6 Å². The van der Waals surface area contributed by atoms with Gasteiger partial charge in [0.25, 0.3) is 0 Å². The maximum atomic E-state index is 13.1. The molecular weight excluding hydrogens is 491 g/mol. The molecule has 10 heteroatoms. The first kappa shape index (κ1) is 23.7. The summed E-state index contributed by atoms with van der Waals surface area (Å²) in [5.74, 6) is 0. The van der Waals surface area contributed by atoms with Gasteiger partial charge in [-0.15, -0.1) is 5.10 Å². The van der Waals surface area contributed by atoms with E-state index in [9.17, 15) is 18.0 Å². The molecular formula is C26H19ClF3N5O. The summed E-state index contributed by atoms with van der Waals surface area (Å²) in [6.07, 6.45) is -0.930. The van der Waals surface area contributed by atoms with Crippen LogP contribution in [-0.4, -0.2) is 24.4 Å². The smallest absolute Gasteiger partial charge is 0.251 e. The van der Waals surface area contributed by atoms with E-state index in [4.69, 9.17) is 11.6 Å². The van der Waals surface area contributed by atoms with Crippen molar-refractivity contribution in [3.63, 3.8) is 0 Å². The maximum absolute atomic E-state index is 13.1. The van der Waals surface area contributed by atoms with Crippen LogP contribution in [0.2, 0.25) is 5.02 Å². The Hall–Kier alpha value is -3.98. The predicted molar refractivity (Wildman–Crippen MR) is 131 cm³/mol. The maximum Gasteiger partial charge on any atom is 0.433 e. The Bertz CT molecular complexity index is 1590. The first-order valence-electron chi connectivity index (χ1n) is 11.1. The van der Waals surface area contributed by atoms with Crippen molar-refractivity contribution in [3.05, 3.63) is 105 Å². The normalized spacial score (nSPS) is 11.8. The number of hydrogen-bond donors (Lipinski definition) is 0. The first-order chi connectivity index (χ1) is 17.2. The van der Waals surface area contributed by atoms with Gasteiger partial charge in [0, 0.05) is 22.3 Å². The topological polar surface area (TPSA) is 65.1 Å². The van der Waals surface area contributed by atoms with Crippen LogP contribution in [0.4, 0.5) is 13.2 Å². The second-order valence-corrected chi connectivity index (χ2v) is 8.65. The molecule has 0 aliphatic carbocycles. The zero-order chi connectivity index (χ0) is 25.4. The van der Waals surface area contributed by atoms with Crippen molar-refractivity contribution in [2.45, 2.75) is 26.1 Å². The molecule has 0 unspecified atom stereocenters. The highest BCUT2D eigenvalue weighted by Gasteiger charge is 2.32. The summed E-state index contributed by atoms with van der Waals surface area (Å²) in [5, 5.41) is 9.43. The highest BCUT2D eigenvalue weighted by molar-refractivity contribution is 6.30. The van der Waals surface area contributed by atoms with Gasteiger partial charge in [-0.05, 0) is 46.9 Å². The fourth-order valence-corrected chi connectivity index (χ4v) is 4.09. The van der Waals surface area contributed by atoms with Crippen LogP contribution in [-0.2, 0) is 19.1 Å². The minimum atomic E-state index is -4.54. The number of nitrogens with zero attached hydrogens (tertiary/aromatic N) is 5. The SMILES string of the molecule is CCc1ccc(-c2cnn3c(=O)n(Cc4ccc(C(F)(F)F)nc4)nc3c2-c2ccc(Cl)cc2)cc1. The summed E-state index contributed by atoms with van der Waals surface area (Å²) >= 11 is 6.10.